The Labute approximate surface area is 65.5 Å². The van der Waals surface area contributed by atoms with Crippen LogP contribution in [0.25, 0.3) is 0 Å². The number of rotatable bonds is 2. The first-order valence-electron chi connectivity index (χ1n) is 3.29. The first-order chi connectivity index (χ1) is 5.04. The summed E-state index contributed by atoms with van der Waals surface area (Å²) < 4.78 is 4.40. The quantitative estimate of drug-likeness (QED) is 0.344. The minimum Gasteiger partial charge on any atom is -0.466 e. The highest BCUT2D eigenvalue weighted by atomic mass is 16.6. The maximum Gasteiger partial charge on any atom is 0.302 e. The third-order valence-electron chi connectivity index (χ3n) is 0.606. The minimum absolute atomic E-state index is 0.0278. The Hall–Kier alpha value is -1.13. The van der Waals surface area contributed by atoms with Crippen LogP contribution in [0.15, 0.2) is 0 Å². The van der Waals surface area contributed by atoms with Crippen LogP contribution < -0.4 is 0 Å². The van der Waals surface area contributed by atoms with Crippen LogP contribution >= 0.6 is 0 Å². The molecule has 0 aromatic heterocycles. The first kappa shape index (κ1) is 12.5. The lowest BCUT2D eigenvalue weighted by molar-refractivity contribution is -0.475. The van der Waals surface area contributed by atoms with Gasteiger partial charge in [-0.3, -0.25) is 14.9 Å². The third-order valence-corrected chi connectivity index (χ3v) is 0.606. The molecule has 0 fully saturated rings. The Morgan fingerprint density at radius 1 is 1.55 bits per heavy atom. The average Bonchev–Trinajstić information content (AvgIpc) is 1.89. The summed E-state index contributed by atoms with van der Waals surface area (Å²) in [6.45, 7) is 5.18. The zero-order chi connectivity index (χ0) is 9.28. The molecule has 0 atom stereocenters. The molecule has 66 valence electrons. The summed E-state index contributed by atoms with van der Waals surface area (Å²) in [4.78, 5) is 18.6. The van der Waals surface area contributed by atoms with Crippen LogP contribution in [-0.4, -0.2) is 24.0 Å². The number of nitrogens with zero attached hydrogens (tertiary/aromatic N) is 1. The smallest absolute Gasteiger partial charge is 0.302 e. The summed E-state index contributed by atoms with van der Waals surface area (Å²) in [6, 6.07) is 0. The van der Waals surface area contributed by atoms with E-state index in [0.717, 1.165) is 0 Å². The lowest BCUT2D eigenvalue weighted by Gasteiger charge is -1.89. The molecule has 0 rings (SSSR count). The second-order valence-electron chi connectivity index (χ2n) is 1.57. The summed E-state index contributed by atoms with van der Waals surface area (Å²) in [5, 5.41) is 9.17. The van der Waals surface area contributed by atoms with Gasteiger partial charge in [0.1, 0.15) is 0 Å². The van der Waals surface area contributed by atoms with Gasteiger partial charge >= 0.3 is 5.97 Å². The van der Waals surface area contributed by atoms with Crippen LogP contribution in [0.5, 0.6) is 0 Å². The number of carbonyl (C=O) groups excluding carboxylic acids is 1. The number of hydrogen-bond donors (Lipinski definition) is 0. The molecule has 0 spiro atoms. The molecule has 0 radical (unpaired) electrons. The van der Waals surface area contributed by atoms with Gasteiger partial charge in [-0.05, 0) is 6.92 Å². The Morgan fingerprint density at radius 2 is 1.91 bits per heavy atom. The number of ether oxygens (including phenoxy) is 1. The Morgan fingerprint density at radius 3 is 1.91 bits per heavy atom. The average molecular weight is 163 g/mol. The fourth-order valence-corrected chi connectivity index (χ4v) is 0.203. The van der Waals surface area contributed by atoms with Crippen LogP contribution in [-0.2, 0) is 9.53 Å². The van der Waals surface area contributed by atoms with Gasteiger partial charge in [0.25, 0.3) is 0 Å². The molecular weight excluding hydrogens is 150 g/mol. The molecule has 0 aliphatic carbocycles. The fraction of sp³-hybridized carbons (Fsp3) is 0.833. The fourth-order valence-electron chi connectivity index (χ4n) is 0.203. The predicted octanol–water partition coefficient (Wildman–Crippen LogP) is 0.852. The largest absolute Gasteiger partial charge is 0.466 e. The maximum absolute atomic E-state index is 9.82. The second-order valence-corrected chi connectivity index (χ2v) is 1.57. The molecule has 0 amide bonds. The van der Waals surface area contributed by atoms with Gasteiger partial charge in [-0.25, -0.2) is 0 Å². The van der Waals surface area contributed by atoms with Crippen molar-refractivity contribution in [1.82, 2.24) is 0 Å². The zero-order valence-corrected chi connectivity index (χ0v) is 6.99. The molecule has 0 heterocycles. The number of esters is 1. The molecule has 0 saturated carbocycles. The molecule has 0 aliphatic rings. The molecule has 0 saturated heterocycles. The van der Waals surface area contributed by atoms with Gasteiger partial charge in [-0.15, -0.1) is 0 Å². The van der Waals surface area contributed by atoms with Crippen molar-refractivity contribution in [3.8, 4) is 0 Å². The number of carbonyl (C=O) groups is 1. The molecule has 0 bridgehead atoms. The van der Waals surface area contributed by atoms with Crippen molar-refractivity contribution in [2.24, 2.45) is 0 Å². The van der Waals surface area contributed by atoms with Crippen molar-refractivity contribution in [2.75, 3.05) is 13.2 Å². The highest BCUT2D eigenvalue weighted by Gasteiger charge is 1.81. The van der Waals surface area contributed by atoms with E-state index in [1.807, 2.05) is 0 Å². The van der Waals surface area contributed by atoms with Crippen LogP contribution in [0.3, 0.4) is 0 Å². The molecule has 0 aromatic rings. The van der Waals surface area contributed by atoms with Crippen molar-refractivity contribution < 1.29 is 14.5 Å². The van der Waals surface area contributed by atoms with Crippen LogP contribution in [0, 0.1) is 10.1 Å². The van der Waals surface area contributed by atoms with E-state index in [0.29, 0.717) is 6.61 Å². The van der Waals surface area contributed by atoms with Crippen molar-refractivity contribution in [3.63, 3.8) is 0 Å². The summed E-state index contributed by atoms with van der Waals surface area (Å²) in [7, 11) is 0. The number of hydrogen-bond acceptors (Lipinski definition) is 4. The Kier molecular flexibility index (Phi) is 10.1. The molecule has 0 unspecified atom stereocenters. The zero-order valence-electron chi connectivity index (χ0n) is 6.99. The van der Waals surface area contributed by atoms with Gasteiger partial charge in [0, 0.05) is 18.8 Å². The minimum atomic E-state index is -0.375. The van der Waals surface area contributed by atoms with Gasteiger partial charge in [-0.1, -0.05) is 0 Å². The summed E-state index contributed by atoms with van der Waals surface area (Å²) in [6.07, 6.45) is 0. The molecule has 11 heavy (non-hydrogen) atoms. The summed E-state index contributed by atoms with van der Waals surface area (Å²) in [5.74, 6) is -0.211. The normalized spacial score (nSPS) is 7.55. The Balaban J connectivity index is 0. The first-order valence-corrected chi connectivity index (χ1v) is 3.29. The van der Waals surface area contributed by atoms with E-state index < -0.39 is 0 Å². The van der Waals surface area contributed by atoms with Crippen molar-refractivity contribution in [1.29, 1.82) is 0 Å². The van der Waals surface area contributed by atoms with Crippen molar-refractivity contribution in [3.05, 3.63) is 10.1 Å². The standard InChI is InChI=1S/C4H8O2.C2H5NO2/c1-3-6-4(2)5;1-2-3(4)5/h3H2,1-2H3;2H2,1H3. The number of nitro groups is 1. The lowest BCUT2D eigenvalue weighted by Crippen LogP contribution is -1.95. The third kappa shape index (κ3) is 28.0. The molecule has 5 heteroatoms. The second kappa shape index (κ2) is 8.87. The summed E-state index contributed by atoms with van der Waals surface area (Å²) >= 11 is 0. The van der Waals surface area contributed by atoms with Crippen LogP contribution in [0.4, 0.5) is 0 Å². The van der Waals surface area contributed by atoms with Crippen LogP contribution in [0.2, 0.25) is 0 Å². The van der Waals surface area contributed by atoms with E-state index in [1.165, 1.54) is 13.8 Å². The van der Waals surface area contributed by atoms with Gasteiger partial charge in [0.05, 0.1) is 6.61 Å². The topological polar surface area (TPSA) is 69.4 Å². The molecule has 0 aromatic carbocycles. The Bertz CT molecular complexity index is 124. The van der Waals surface area contributed by atoms with E-state index in [1.54, 1.807) is 6.92 Å². The maximum atomic E-state index is 9.82. The van der Waals surface area contributed by atoms with Crippen LogP contribution in [0.1, 0.15) is 20.8 Å². The highest BCUT2D eigenvalue weighted by molar-refractivity contribution is 5.65. The predicted molar refractivity (Wildman–Crippen MR) is 39.8 cm³/mol. The van der Waals surface area contributed by atoms with Crippen molar-refractivity contribution >= 4 is 5.97 Å². The lowest BCUT2D eigenvalue weighted by atomic mass is 10.8. The van der Waals surface area contributed by atoms with E-state index in [9.17, 15) is 14.9 Å². The van der Waals surface area contributed by atoms with Crippen molar-refractivity contribution in [2.45, 2.75) is 20.8 Å². The van der Waals surface area contributed by atoms with E-state index in [-0.39, 0.29) is 17.4 Å². The highest BCUT2D eigenvalue weighted by Crippen LogP contribution is 1.69. The van der Waals surface area contributed by atoms with Gasteiger partial charge in [0.2, 0.25) is 6.54 Å². The SMILES string of the molecule is CCOC(C)=O.CC[N+](=O)[O-]. The monoisotopic (exact) mass is 163 g/mol. The van der Waals surface area contributed by atoms with Gasteiger partial charge < -0.3 is 4.74 Å². The molecule has 0 aliphatic heterocycles. The molecular formula is C6H13NO4. The van der Waals surface area contributed by atoms with Gasteiger partial charge in [-0.2, -0.15) is 0 Å². The van der Waals surface area contributed by atoms with E-state index >= 15 is 0 Å². The molecule has 5 nitrogen and oxygen atoms in total. The summed E-state index contributed by atoms with van der Waals surface area (Å²) in [5.41, 5.74) is 0. The van der Waals surface area contributed by atoms with Gasteiger partial charge in [0.15, 0.2) is 0 Å². The van der Waals surface area contributed by atoms with E-state index in [4.69, 9.17) is 0 Å². The molecule has 0 N–H and O–H groups in total. The van der Waals surface area contributed by atoms with E-state index in [2.05, 4.69) is 4.74 Å².